The van der Waals surface area contributed by atoms with Gasteiger partial charge in [0.05, 0.1) is 23.6 Å². The van der Waals surface area contributed by atoms with E-state index in [0.29, 0.717) is 5.56 Å². The molecule has 0 atom stereocenters. The molecule has 1 heterocycles. The zero-order valence-electron chi connectivity index (χ0n) is 16.2. The lowest BCUT2D eigenvalue weighted by Gasteiger charge is -2.14. The van der Waals surface area contributed by atoms with E-state index in [1.165, 1.54) is 13.2 Å². The number of imide groups is 1. The molecule has 0 bridgehead atoms. The third-order valence-corrected chi connectivity index (χ3v) is 5.55. The third-order valence-electron chi connectivity index (χ3n) is 4.36. The van der Waals surface area contributed by atoms with Gasteiger partial charge >= 0.3 is 0 Å². The minimum absolute atomic E-state index is 0.0942. The predicted octanol–water partition coefficient (Wildman–Crippen LogP) is 4.79. The van der Waals surface area contributed by atoms with Crippen LogP contribution in [0, 0.1) is 13.8 Å². The van der Waals surface area contributed by atoms with E-state index in [0.717, 1.165) is 33.5 Å². The summed E-state index contributed by atoms with van der Waals surface area (Å²) in [5.74, 6) is 0.346. The molecule has 1 saturated heterocycles. The van der Waals surface area contributed by atoms with Gasteiger partial charge in [-0.25, -0.2) is 0 Å². The fourth-order valence-electron chi connectivity index (χ4n) is 2.79. The minimum Gasteiger partial charge on any atom is -0.503 e. The van der Waals surface area contributed by atoms with Crippen LogP contribution in [0.2, 0.25) is 5.02 Å². The molecule has 6 nitrogen and oxygen atoms in total. The van der Waals surface area contributed by atoms with E-state index in [2.05, 4.69) is 0 Å². The van der Waals surface area contributed by atoms with Gasteiger partial charge in [-0.05, 0) is 66.6 Å². The molecule has 152 valence electrons. The second-order valence-electron chi connectivity index (χ2n) is 6.50. The van der Waals surface area contributed by atoms with E-state index < -0.39 is 5.91 Å². The molecule has 1 N–H and O–H groups in total. The molecule has 0 aliphatic carbocycles. The van der Waals surface area contributed by atoms with Crippen molar-refractivity contribution in [1.82, 2.24) is 4.90 Å². The molecule has 29 heavy (non-hydrogen) atoms. The van der Waals surface area contributed by atoms with Gasteiger partial charge in [-0.15, -0.1) is 0 Å². The molecular weight excluding hydrogens is 414 g/mol. The van der Waals surface area contributed by atoms with Crippen LogP contribution in [-0.4, -0.2) is 41.4 Å². The molecular formula is C21H20ClNO5S. The van der Waals surface area contributed by atoms with E-state index in [1.54, 1.807) is 12.1 Å². The number of halogens is 1. The number of phenols is 1. The number of carbonyl (C=O) groups is 2. The van der Waals surface area contributed by atoms with E-state index in [4.69, 9.17) is 21.1 Å². The van der Waals surface area contributed by atoms with Crippen molar-refractivity contribution in [1.29, 1.82) is 0 Å². The first-order valence-corrected chi connectivity index (χ1v) is 10.0. The molecule has 0 radical (unpaired) electrons. The Labute approximate surface area is 178 Å². The van der Waals surface area contributed by atoms with Crippen molar-refractivity contribution < 1.29 is 24.2 Å². The van der Waals surface area contributed by atoms with Gasteiger partial charge < -0.3 is 14.6 Å². The molecule has 0 unspecified atom stereocenters. The zero-order valence-corrected chi connectivity index (χ0v) is 17.8. The molecule has 1 fully saturated rings. The number of hydrogen-bond donors (Lipinski definition) is 1. The Morgan fingerprint density at radius 3 is 2.66 bits per heavy atom. The first-order chi connectivity index (χ1) is 13.8. The summed E-state index contributed by atoms with van der Waals surface area (Å²) in [5.41, 5.74) is 2.60. The van der Waals surface area contributed by atoms with Crippen molar-refractivity contribution in [3.05, 3.63) is 56.9 Å². The number of aryl methyl sites for hydroxylation is 2. The number of thioether (sulfide) groups is 1. The minimum atomic E-state index is -0.396. The Hall–Kier alpha value is -2.64. The van der Waals surface area contributed by atoms with Gasteiger partial charge in [0.25, 0.3) is 11.1 Å². The SMILES string of the molecule is COc1cc(/C=C2\SC(=O)N(CCOc3cc(C)ccc3C)C2=O)cc(Cl)c1O. The van der Waals surface area contributed by atoms with Crippen LogP contribution in [0.1, 0.15) is 16.7 Å². The summed E-state index contributed by atoms with van der Waals surface area (Å²) in [6, 6.07) is 8.92. The van der Waals surface area contributed by atoms with Crippen LogP contribution < -0.4 is 9.47 Å². The van der Waals surface area contributed by atoms with Gasteiger partial charge in [0, 0.05) is 0 Å². The molecule has 0 saturated carbocycles. The monoisotopic (exact) mass is 433 g/mol. The maximum Gasteiger partial charge on any atom is 0.293 e. The van der Waals surface area contributed by atoms with Crippen molar-refractivity contribution >= 4 is 40.6 Å². The van der Waals surface area contributed by atoms with E-state index in [-0.39, 0.29) is 39.8 Å². The van der Waals surface area contributed by atoms with Crippen molar-refractivity contribution in [2.75, 3.05) is 20.3 Å². The Bertz CT molecular complexity index is 1000. The molecule has 2 aromatic rings. The van der Waals surface area contributed by atoms with Crippen LogP contribution >= 0.6 is 23.4 Å². The van der Waals surface area contributed by atoms with Crippen LogP contribution in [0.3, 0.4) is 0 Å². The lowest BCUT2D eigenvalue weighted by atomic mass is 10.1. The van der Waals surface area contributed by atoms with Crippen LogP contribution in [0.25, 0.3) is 6.08 Å². The number of phenolic OH excluding ortho intramolecular Hbond substituents is 1. The summed E-state index contributed by atoms with van der Waals surface area (Å²) >= 11 is 6.83. The molecule has 0 aromatic heterocycles. The Kier molecular flexibility index (Phi) is 6.39. The molecule has 3 rings (SSSR count). The number of rotatable bonds is 6. The summed E-state index contributed by atoms with van der Waals surface area (Å²) in [7, 11) is 1.40. The highest BCUT2D eigenvalue weighted by Crippen LogP contribution is 2.37. The summed E-state index contributed by atoms with van der Waals surface area (Å²) < 4.78 is 10.8. The number of methoxy groups -OCH3 is 1. The topological polar surface area (TPSA) is 76.1 Å². The largest absolute Gasteiger partial charge is 0.503 e. The van der Waals surface area contributed by atoms with E-state index >= 15 is 0 Å². The van der Waals surface area contributed by atoms with Crippen LogP contribution in [0.4, 0.5) is 4.79 Å². The quantitative estimate of drug-likeness (QED) is 0.660. The molecule has 2 aromatic carbocycles. The lowest BCUT2D eigenvalue weighted by molar-refractivity contribution is -0.123. The number of amides is 2. The summed E-state index contributed by atoms with van der Waals surface area (Å²) in [6.45, 7) is 4.26. The van der Waals surface area contributed by atoms with Crippen LogP contribution in [0.15, 0.2) is 35.2 Å². The molecule has 1 aliphatic heterocycles. The summed E-state index contributed by atoms with van der Waals surface area (Å²) in [4.78, 5) is 26.3. The predicted molar refractivity (Wildman–Crippen MR) is 114 cm³/mol. The average molecular weight is 434 g/mol. The Morgan fingerprint density at radius 2 is 1.93 bits per heavy atom. The highest BCUT2D eigenvalue weighted by molar-refractivity contribution is 8.18. The summed E-state index contributed by atoms with van der Waals surface area (Å²) in [5, 5.41) is 9.56. The highest BCUT2D eigenvalue weighted by atomic mass is 35.5. The van der Waals surface area contributed by atoms with Crippen LogP contribution in [0.5, 0.6) is 17.2 Å². The van der Waals surface area contributed by atoms with Crippen molar-refractivity contribution in [2.45, 2.75) is 13.8 Å². The first-order valence-electron chi connectivity index (χ1n) is 8.82. The van der Waals surface area contributed by atoms with Gasteiger partial charge in [0.15, 0.2) is 11.5 Å². The second kappa shape index (κ2) is 8.80. The lowest BCUT2D eigenvalue weighted by Crippen LogP contribution is -2.32. The number of nitrogens with zero attached hydrogens (tertiary/aromatic N) is 1. The number of benzene rings is 2. The molecule has 8 heteroatoms. The number of carbonyl (C=O) groups excluding carboxylic acids is 2. The maximum atomic E-state index is 12.6. The fraction of sp³-hybridized carbons (Fsp3) is 0.238. The highest BCUT2D eigenvalue weighted by Gasteiger charge is 2.34. The maximum absolute atomic E-state index is 12.6. The van der Waals surface area contributed by atoms with E-state index in [1.807, 2.05) is 32.0 Å². The second-order valence-corrected chi connectivity index (χ2v) is 7.90. The molecule has 2 amide bonds. The standard InChI is InChI=1S/C21H20ClNO5S/c1-12-4-5-13(2)16(8-12)28-7-6-23-20(25)18(29-21(23)26)11-14-9-15(22)19(24)17(10-14)27-3/h4-5,8-11,24H,6-7H2,1-3H3/b18-11-. The van der Waals surface area contributed by atoms with Crippen molar-refractivity contribution in [3.8, 4) is 17.2 Å². The fourth-order valence-corrected chi connectivity index (χ4v) is 3.87. The van der Waals surface area contributed by atoms with Gasteiger partial charge in [-0.1, -0.05) is 23.7 Å². The number of aromatic hydroxyl groups is 1. The Morgan fingerprint density at radius 1 is 1.17 bits per heavy atom. The molecule has 1 aliphatic rings. The average Bonchev–Trinajstić information content (AvgIpc) is 2.94. The van der Waals surface area contributed by atoms with Crippen LogP contribution in [-0.2, 0) is 4.79 Å². The summed E-state index contributed by atoms with van der Waals surface area (Å²) in [6.07, 6.45) is 1.55. The zero-order chi connectivity index (χ0) is 21.1. The number of hydrogen-bond acceptors (Lipinski definition) is 6. The van der Waals surface area contributed by atoms with Crippen molar-refractivity contribution in [3.63, 3.8) is 0 Å². The van der Waals surface area contributed by atoms with Gasteiger partial charge in [0.2, 0.25) is 0 Å². The van der Waals surface area contributed by atoms with Gasteiger partial charge in [0.1, 0.15) is 12.4 Å². The Balaban J connectivity index is 1.70. The molecule has 0 spiro atoms. The van der Waals surface area contributed by atoms with E-state index in [9.17, 15) is 14.7 Å². The third kappa shape index (κ3) is 4.68. The first kappa shape index (κ1) is 21.1. The van der Waals surface area contributed by atoms with Crippen molar-refractivity contribution in [2.24, 2.45) is 0 Å². The normalized spacial score (nSPS) is 15.3. The number of ether oxygens (including phenoxy) is 2. The van der Waals surface area contributed by atoms with Gasteiger partial charge in [-0.3, -0.25) is 14.5 Å². The van der Waals surface area contributed by atoms with Gasteiger partial charge in [-0.2, -0.15) is 0 Å². The smallest absolute Gasteiger partial charge is 0.293 e.